The number of rotatable bonds is 4. The SMILES string of the molecule is CCN1C(=O)C(=CC=C2N(C)c3ccccc3C2(C)C)SC1=NS(=O)(=O)c1ccc(Br)cc1. The highest BCUT2D eigenvalue weighted by atomic mass is 79.9. The van der Waals surface area contributed by atoms with Crippen LogP contribution in [0.5, 0.6) is 0 Å². The summed E-state index contributed by atoms with van der Waals surface area (Å²) in [6, 6.07) is 14.5. The maximum atomic E-state index is 13.0. The Kier molecular flexibility index (Phi) is 6.32. The van der Waals surface area contributed by atoms with Gasteiger partial charge in [0.05, 0.1) is 9.80 Å². The van der Waals surface area contributed by atoms with Crippen molar-refractivity contribution in [3.63, 3.8) is 0 Å². The predicted octanol–water partition coefficient (Wildman–Crippen LogP) is 5.28. The smallest absolute Gasteiger partial charge is 0.284 e. The summed E-state index contributed by atoms with van der Waals surface area (Å²) in [5.41, 5.74) is 3.19. The molecule has 4 rings (SSSR count). The maximum absolute atomic E-state index is 13.0. The fraction of sp³-hybridized carbons (Fsp3) is 0.250. The molecule has 2 aromatic carbocycles. The molecule has 1 amide bonds. The quantitative estimate of drug-likeness (QED) is 0.488. The van der Waals surface area contributed by atoms with Gasteiger partial charge in [-0.05, 0) is 66.7 Å². The van der Waals surface area contributed by atoms with Crippen LogP contribution >= 0.6 is 27.7 Å². The maximum Gasteiger partial charge on any atom is 0.284 e. The molecular weight excluding hydrogens is 522 g/mol. The molecule has 2 heterocycles. The van der Waals surface area contributed by atoms with Crippen molar-refractivity contribution >= 4 is 54.5 Å². The van der Waals surface area contributed by atoms with E-state index in [0.29, 0.717) is 11.4 Å². The molecule has 2 aliphatic rings. The molecule has 0 spiro atoms. The Hall–Kier alpha value is -2.36. The van der Waals surface area contributed by atoms with Crippen LogP contribution in [-0.2, 0) is 20.2 Å². The van der Waals surface area contributed by atoms with Gasteiger partial charge in [0.15, 0.2) is 5.17 Å². The molecule has 0 bridgehead atoms. The zero-order chi connectivity index (χ0) is 24.0. The number of hydrogen-bond donors (Lipinski definition) is 0. The number of benzene rings is 2. The second-order valence-electron chi connectivity index (χ2n) is 8.24. The zero-order valence-electron chi connectivity index (χ0n) is 18.7. The molecule has 0 saturated carbocycles. The number of amides is 1. The molecule has 33 heavy (non-hydrogen) atoms. The van der Waals surface area contributed by atoms with Gasteiger partial charge in [-0.15, -0.1) is 4.40 Å². The lowest BCUT2D eigenvalue weighted by Gasteiger charge is -2.23. The minimum atomic E-state index is -3.94. The number of hydrogen-bond acceptors (Lipinski definition) is 5. The lowest BCUT2D eigenvalue weighted by molar-refractivity contribution is -0.122. The van der Waals surface area contributed by atoms with Crippen molar-refractivity contribution < 1.29 is 13.2 Å². The minimum absolute atomic E-state index is 0.0777. The van der Waals surface area contributed by atoms with E-state index in [0.717, 1.165) is 27.6 Å². The molecule has 0 radical (unpaired) electrons. The number of amidine groups is 1. The summed E-state index contributed by atoms with van der Waals surface area (Å²) >= 11 is 4.38. The van der Waals surface area contributed by atoms with Crippen LogP contribution in [0.2, 0.25) is 0 Å². The van der Waals surface area contributed by atoms with Crippen LogP contribution in [-0.4, -0.2) is 38.0 Å². The number of anilines is 1. The van der Waals surface area contributed by atoms with Crippen LogP contribution in [0.3, 0.4) is 0 Å². The van der Waals surface area contributed by atoms with E-state index < -0.39 is 10.0 Å². The first-order valence-electron chi connectivity index (χ1n) is 10.4. The van der Waals surface area contributed by atoms with Crippen LogP contribution in [0.15, 0.2) is 85.1 Å². The molecule has 2 aliphatic heterocycles. The van der Waals surface area contributed by atoms with Gasteiger partial charge in [0.2, 0.25) is 0 Å². The van der Waals surface area contributed by atoms with Gasteiger partial charge in [-0.25, -0.2) is 0 Å². The molecule has 0 unspecified atom stereocenters. The van der Waals surface area contributed by atoms with Crippen molar-refractivity contribution in [1.29, 1.82) is 0 Å². The molecule has 0 aromatic heterocycles. The normalized spacial score (nSPS) is 21.5. The average molecular weight is 547 g/mol. The second kappa shape index (κ2) is 8.77. The number of para-hydroxylation sites is 1. The highest BCUT2D eigenvalue weighted by molar-refractivity contribution is 9.10. The Morgan fingerprint density at radius 2 is 1.76 bits per heavy atom. The standard InChI is InChI=1S/C24H24BrN3O3S2/c1-5-28-22(29)20(32-23(28)26-33(30,31)17-12-10-16(25)11-13-17)14-15-21-24(2,3)18-8-6-7-9-19(18)27(21)4/h6-15H,5H2,1-4H3. The largest absolute Gasteiger partial charge is 0.347 e. The number of halogens is 1. The zero-order valence-corrected chi connectivity index (χ0v) is 22.0. The number of carbonyl (C=O) groups excluding carboxylic acids is 1. The van der Waals surface area contributed by atoms with Crippen molar-refractivity contribution in [3.8, 4) is 0 Å². The van der Waals surface area contributed by atoms with Crippen LogP contribution in [0.1, 0.15) is 26.3 Å². The highest BCUT2D eigenvalue weighted by Crippen LogP contribution is 2.46. The van der Waals surface area contributed by atoms with Gasteiger partial charge >= 0.3 is 0 Å². The first kappa shape index (κ1) is 23.8. The number of allylic oxidation sites excluding steroid dienone is 3. The van der Waals surface area contributed by atoms with Crippen molar-refractivity contribution in [2.75, 3.05) is 18.5 Å². The summed E-state index contributed by atoms with van der Waals surface area (Å²) in [6.45, 7) is 6.43. The van der Waals surface area contributed by atoms with Gasteiger partial charge in [0.1, 0.15) is 0 Å². The van der Waals surface area contributed by atoms with E-state index in [2.05, 4.69) is 51.2 Å². The Morgan fingerprint density at radius 3 is 2.39 bits per heavy atom. The Balaban J connectivity index is 1.68. The Labute approximate surface area is 207 Å². The van der Waals surface area contributed by atoms with Crippen molar-refractivity contribution in [2.24, 2.45) is 4.40 Å². The second-order valence-corrected chi connectivity index (χ2v) is 11.8. The minimum Gasteiger partial charge on any atom is -0.347 e. The van der Waals surface area contributed by atoms with E-state index in [-0.39, 0.29) is 21.4 Å². The van der Waals surface area contributed by atoms with E-state index in [1.54, 1.807) is 25.1 Å². The number of fused-ring (bicyclic) bond motifs is 1. The molecule has 1 saturated heterocycles. The van der Waals surface area contributed by atoms with Crippen molar-refractivity contribution in [3.05, 3.63) is 81.3 Å². The fourth-order valence-electron chi connectivity index (χ4n) is 4.09. The summed E-state index contributed by atoms with van der Waals surface area (Å²) < 4.78 is 30.4. The summed E-state index contributed by atoms with van der Waals surface area (Å²) in [7, 11) is -1.93. The molecule has 2 aromatic rings. The number of sulfonamides is 1. The Morgan fingerprint density at radius 1 is 1.09 bits per heavy atom. The van der Waals surface area contributed by atoms with E-state index in [1.165, 1.54) is 22.6 Å². The molecule has 6 nitrogen and oxygen atoms in total. The Bertz CT molecular complexity index is 1310. The fourth-order valence-corrected chi connectivity index (χ4v) is 6.54. The van der Waals surface area contributed by atoms with E-state index in [9.17, 15) is 13.2 Å². The molecule has 172 valence electrons. The molecule has 9 heteroatoms. The van der Waals surface area contributed by atoms with Gasteiger partial charge in [-0.1, -0.05) is 48.0 Å². The average Bonchev–Trinajstić information content (AvgIpc) is 3.16. The first-order chi connectivity index (χ1) is 15.6. The number of nitrogens with zero attached hydrogens (tertiary/aromatic N) is 3. The lowest BCUT2D eigenvalue weighted by Crippen LogP contribution is -2.29. The summed E-state index contributed by atoms with van der Waals surface area (Å²) in [6.07, 6.45) is 3.71. The summed E-state index contributed by atoms with van der Waals surface area (Å²) in [5.74, 6) is -0.250. The third kappa shape index (κ3) is 4.29. The topological polar surface area (TPSA) is 70.1 Å². The summed E-state index contributed by atoms with van der Waals surface area (Å²) in [4.78, 5) is 17.0. The molecule has 0 aliphatic carbocycles. The lowest BCUT2D eigenvalue weighted by atomic mass is 9.84. The van der Waals surface area contributed by atoms with E-state index in [1.807, 2.05) is 25.3 Å². The first-order valence-corrected chi connectivity index (χ1v) is 13.5. The molecule has 0 atom stereocenters. The predicted molar refractivity (Wildman–Crippen MR) is 138 cm³/mol. The third-order valence-corrected chi connectivity index (χ3v) is 8.80. The van der Waals surface area contributed by atoms with Crippen molar-refractivity contribution in [1.82, 2.24) is 4.90 Å². The van der Waals surface area contributed by atoms with Gasteiger partial charge in [-0.2, -0.15) is 8.42 Å². The number of carbonyl (C=O) groups is 1. The molecular formula is C24H24BrN3O3S2. The summed E-state index contributed by atoms with van der Waals surface area (Å²) in [5, 5.41) is 0.164. The van der Waals surface area contributed by atoms with Gasteiger partial charge in [0.25, 0.3) is 15.9 Å². The van der Waals surface area contributed by atoms with E-state index in [4.69, 9.17) is 0 Å². The molecule has 0 N–H and O–H groups in total. The number of thioether (sulfide) groups is 1. The monoisotopic (exact) mass is 545 g/mol. The number of likely N-dealkylation sites (N-methyl/N-ethyl adjacent to an activating group) is 2. The van der Waals surface area contributed by atoms with E-state index >= 15 is 0 Å². The van der Waals surface area contributed by atoms with Crippen LogP contribution < -0.4 is 4.90 Å². The third-order valence-electron chi connectivity index (χ3n) is 5.85. The van der Waals surface area contributed by atoms with Crippen LogP contribution in [0.4, 0.5) is 5.69 Å². The molecule has 1 fully saturated rings. The van der Waals surface area contributed by atoms with Crippen LogP contribution in [0, 0.1) is 0 Å². The van der Waals surface area contributed by atoms with Gasteiger partial charge in [-0.3, -0.25) is 9.69 Å². The van der Waals surface area contributed by atoms with Crippen molar-refractivity contribution in [2.45, 2.75) is 31.1 Å². The van der Waals surface area contributed by atoms with Crippen LogP contribution in [0.25, 0.3) is 0 Å². The highest BCUT2D eigenvalue weighted by Gasteiger charge is 2.38. The van der Waals surface area contributed by atoms with Gasteiger partial charge < -0.3 is 4.90 Å². The van der Waals surface area contributed by atoms with Gasteiger partial charge in [0, 0.05) is 34.9 Å².